The molecule has 36 heavy (non-hydrogen) atoms. The fourth-order valence-corrected chi connectivity index (χ4v) is 11.6. The molecule has 1 aliphatic rings. The maximum atomic E-state index is 13.5. The number of pyridine rings is 1. The maximum Gasteiger partial charge on any atom is 0.258 e. The van der Waals surface area contributed by atoms with E-state index in [0.29, 0.717) is 46.1 Å². The third-order valence-corrected chi connectivity index (χ3v) is 14.5. The first kappa shape index (κ1) is 27.9. The Kier molecular flexibility index (Phi) is 8.67. The van der Waals surface area contributed by atoms with Crippen LogP contribution in [0.4, 0.5) is 0 Å². The molecule has 0 aliphatic heterocycles. The predicted octanol–water partition coefficient (Wildman–Crippen LogP) is 4.32. The van der Waals surface area contributed by atoms with Gasteiger partial charge in [0, 0.05) is 42.2 Å². The molecule has 8 nitrogen and oxygen atoms in total. The standard InChI is InChI=1S/C26H38N4O4SSi/c1-16(2)36(17(3)4,18(5)6)13-12-20-14-24(32)30(22-10-8-21(9-11-22)28-19(7)31)25-23(20)15-27-26(29-25)35(33)34/h14-18,21-22,29H,8-11H2,1-7H3,(H,28,31). The van der Waals surface area contributed by atoms with E-state index in [2.05, 4.69) is 68.3 Å². The van der Waals surface area contributed by atoms with E-state index < -0.39 is 18.4 Å². The molecule has 0 unspecified atom stereocenters. The van der Waals surface area contributed by atoms with Gasteiger partial charge in [-0.1, -0.05) is 47.5 Å². The third kappa shape index (κ3) is 5.52. The van der Waals surface area contributed by atoms with E-state index in [9.17, 15) is 18.0 Å². The van der Waals surface area contributed by atoms with Crippen molar-refractivity contribution in [3.8, 4) is 11.5 Å². The lowest BCUT2D eigenvalue weighted by Crippen LogP contribution is -2.43. The molecule has 0 saturated heterocycles. The summed E-state index contributed by atoms with van der Waals surface area (Å²) in [5, 5.41) is 3.59. The van der Waals surface area contributed by atoms with Gasteiger partial charge in [0.1, 0.15) is 13.7 Å². The zero-order valence-electron chi connectivity index (χ0n) is 22.3. The monoisotopic (exact) mass is 530 g/mol. The Balaban J connectivity index is 2.21. The Hall–Kier alpha value is -2.64. The summed E-state index contributed by atoms with van der Waals surface area (Å²) in [6.07, 6.45) is 4.39. The number of rotatable bonds is 5. The van der Waals surface area contributed by atoms with Crippen LogP contribution >= 0.6 is 0 Å². The molecule has 2 heterocycles. The number of nitrogens with one attached hydrogen (secondary N) is 2. The van der Waals surface area contributed by atoms with Gasteiger partial charge in [0.15, 0.2) is 0 Å². The molecule has 0 atom stereocenters. The van der Waals surface area contributed by atoms with E-state index in [1.165, 1.54) is 13.1 Å². The average Bonchev–Trinajstić information content (AvgIpc) is 2.78. The molecule has 1 fully saturated rings. The van der Waals surface area contributed by atoms with Gasteiger partial charge in [0.2, 0.25) is 5.91 Å². The maximum absolute atomic E-state index is 13.5. The molecule has 2 N–H and O–H groups in total. The molecule has 1 aliphatic carbocycles. The number of amides is 1. The fourth-order valence-electron chi connectivity index (χ4n) is 6.08. The zero-order chi connectivity index (χ0) is 26.8. The van der Waals surface area contributed by atoms with Crippen molar-refractivity contribution in [1.82, 2.24) is 19.9 Å². The van der Waals surface area contributed by atoms with Crippen LogP contribution in [0.15, 0.2) is 17.1 Å². The molecule has 0 radical (unpaired) electrons. The number of carbonyl (C=O) groups is 1. The highest BCUT2D eigenvalue weighted by atomic mass is 32.2. The van der Waals surface area contributed by atoms with Gasteiger partial charge in [-0.3, -0.25) is 14.2 Å². The summed E-state index contributed by atoms with van der Waals surface area (Å²) in [6, 6.07) is 1.54. The summed E-state index contributed by atoms with van der Waals surface area (Å²) >= 11 is 0. The Morgan fingerprint density at radius 2 is 1.69 bits per heavy atom. The summed E-state index contributed by atoms with van der Waals surface area (Å²) in [4.78, 5) is 31.9. The van der Waals surface area contributed by atoms with Gasteiger partial charge in [-0.05, 0) is 42.3 Å². The van der Waals surface area contributed by atoms with Crippen LogP contribution < -0.4 is 10.9 Å². The largest absolute Gasteiger partial charge is 0.354 e. The number of H-pyrrole nitrogens is 1. The predicted molar refractivity (Wildman–Crippen MR) is 146 cm³/mol. The number of carbonyl (C=O) groups excluding carboxylic acids is 1. The molecule has 0 spiro atoms. The van der Waals surface area contributed by atoms with Gasteiger partial charge < -0.3 is 10.3 Å². The number of nitrogens with zero attached hydrogens (tertiary/aromatic N) is 2. The highest BCUT2D eigenvalue weighted by molar-refractivity contribution is 7.63. The van der Waals surface area contributed by atoms with Crippen LogP contribution in [0.3, 0.4) is 0 Å². The van der Waals surface area contributed by atoms with Gasteiger partial charge in [0.05, 0.1) is 0 Å². The quantitative estimate of drug-likeness (QED) is 0.339. The molecule has 10 heteroatoms. The summed E-state index contributed by atoms with van der Waals surface area (Å²) < 4.78 is 24.8. The van der Waals surface area contributed by atoms with Crippen LogP contribution in [0.5, 0.6) is 0 Å². The Bertz CT molecular complexity index is 1410. The second kappa shape index (κ2) is 11.2. The highest BCUT2D eigenvalue weighted by Gasteiger charge is 2.41. The van der Waals surface area contributed by atoms with Crippen molar-refractivity contribution < 1.29 is 13.2 Å². The molecule has 196 valence electrons. The number of hydrogen-bond donors (Lipinski definition) is 2. The van der Waals surface area contributed by atoms with Crippen LogP contribution in [0.1, 0.15) is 85.8 Å². The Labute approximate surface area is 215 Å². The van der Waals surface area contributed by atoms with Crippen molar-refractivity contribution in [3.05, 3.63) is 33.0 Å². The minimum atomic E-state index is -2.57. The molecular weight excluding hydrogens is 492 g/mol. The van der Waals surface area contributed by atoms with E-state index in [-0.39, 0.29) is 28.3 Å². The Morgan fingerprint density at radius 1 is 1.11 bits per heavy atom. The van der Waals surface area contributed by atoms with Gasteiger partial charge >= 0.3 is 0 Å². The average molecular weight is 531 g/mol. The van der Waals surface area contributed by atoms with Crippen LogP contribution in [-0.4, -0.2) is 43.0 Å². The molecular formula is C26H38N4O4SSi. The van der Waals surface area contributed by atoms with Gasteiger partial charge in [0.25, 0.3) is 20.6 Å². The molecule has 0 aromatic carbocycles. The van der Waals surface area contributed by atoms with E-state index in [1.54, 1.807) is 10.6 Å². The van der Waals surface area contributed by atoms with Crippen molar-refractivity contribution in [2.24, 2.45) is 0 Å². The molecule has 0 bridgehead atoms. The van der Waals surface area contributed by atoms with Crippen LogP contribution in [0, 0.1) is 16.2 Å². The summed E-state index contributed by atoms with van der Waals surface area (Å²) in [5.41, 5.74) is 5.77. The number of fused-ring (bicyclic) bond motifs is 1. The minimum Gasteiger partial charge on any atom is -0.354 e. The second-order valence-electron chi connectivity index (χ2n) is 10.8. The van der Waals surface area contributed by atoms with Crippen molar-refractivity contribution >= 4 is 35.3 Å². The lowest BCUT2D eigenvalue weighted by Gasteiger charge is -2.38. The van der Waals surface area contributed by atoms with Crippen molar-refractivity contribution in [1.29, 1.82) is 0 Å². The number of hydrogen-bond acceptors (Lipinski definition) is 5. The van der Waals surface area contributed by atoms with Crippen LogP contribution in [0.25, 0.3) is 11.0 Å². The number of aromatic nitrogens is 3. The van der Waals surface area contributed by atoms with E-state index in [1.807, 2.05) is 0 Å². The first-order valence-electron chi connectivity index (χ1n) is 12.8. The lowest BCUT2D eigenvalue weighted by molar-refractivity contribution is -0.119. The normalized spacial score (nSPS) is 18.4. The first-order valence-corrected chi connectivity index (χ1v) is 16.1. The highest BCUT2D eigenvalue weighted by Crippen LogP contribution is 2.41. The molecule has 3 rings (SSSR count). The van der Waals surface area contributed by atoms with E-state index >= 15 is 0 Å². The summed E-state index contributed by atoms with van der Waals surface area (Å²) in [6.45, 7) is 14.9. The van der Waals surface area contributed by atoms with Crippen molar-refractivity contribution in [3.63, 3.8) is 0 Å². The van der Waals surface area contributed by atoms with Gasteiger partial charge in [-0.15, -0.1) is 5.54 Å². The second-order valence-corrected chi connectivity index (χ2v) is 17.2. The van der Waals surface area contributed by atoms with Gasteiger partial charge in [-0.2, -0.15) is 8.42 Å². The molecule has 2 aromatic heterocycles. The summed E-state index contributed by atoms with van der Waals surface area (Å²) in [5.74, 6) is 3.30. The third-order valence-electron chi connectivity index (χ3n) is 7.73. The summed E-state index contributed by atoms with van der Waals surface area (Å²) in [7, 11) is -4.61. The van der Waals surface area contributed by atoms with E-state index in [4.69, 9.17) is 0 Å². The lowest BCUT2D eigenvalue weighted by atomic mass is 9.90. The van der Waals surface area contributed by atoms with Crippen molar-refractivity contribution in [2.45, 2.75) is 103 Å². The molecule has 1 amide bonds. The SMILES string of the molecule is CC(=O)NC1CCC(n2c(=O)cc(C#C[Si](C(C)C)(C(C)C)C(C)C)c3cnc(=S(=O)=O)[nH]c32)CC1. The topological polar surface area (TPSA) is 114 Å². The number of aromatic amines is 1. The molecule has 2 aromatic rings. The fraction of sp³-hybridized carbons (Fsp3) is 0.615. The van der Waals surface area contributed by atoms with Gasteiger partial charge in [-0.25, -0.2) is 4.98 Å². The van der Waals surface area contributed by atoms with Crippen molar-refractivity contribution in [2.75, 3.05) is 0 Å². The minimum absolute atomic E-state index is 0.0604. The van der Waals surface area contributed by atoms with Crippen LogP contribution in [0.2, 0.25) is 16.6 Å². The molecule has 1 saturated carbocycles. The van der Waals surface area contributed by atoms with E-state index in [0.717, 1.165) is 12.8 Å². The zero-order valence-corrected chi connectivity index (χ0v) is 24.1. The Morgan fingerprint density at radius 3 is 2.19 bits per heavy atom. The van der Waals surface area contributed by atoms with Crippen LogP contribution in [-0.2, 0) is 15.1 Å². The smallest absolute Gasteiger partial charge is 0.258 e. The first-order chi connectivity index (χ1) is 16.9.